The molecular formula is C16H25N3O. The highest BCUT2D eigenvalue weighted by Gasteiger charge is 2.15. The molecule has 1 aromatic carbocycles. The third-order valence-corrected chi connectivity index (χ3v) is 3.92. The van der Waals surface area contributed by atoms with Crippen LogP contribution in [0.4, 0.5) is 5.69 Å². The minimum absolute atomic E-state index is 0.0898. The molecule has 1 saturated heterocycles. The number of benzene rings is 1. The van der Waals surface area contributed by atoms with Gasteiger partial charge in [-0.15, -0.1) is 0 Å². The van der Waals surface area contributed by atoms with Gasteiger partial charge in [-0.05, 0) is 51.5 Å². The Morgan fingerprint density at radius 3 is 2.55 bits per heavy atom. The average Bonchev–Trinajstić information content (AvgIpc) is 2.59. The number of rotatable bonds is 3. The van der Waals surface area contributed by atoms with Crippen LogP contribution in [0, 0.1) is 13.8 Å². The van der Waals surface area contributed by atoms with Crippen molar-refractivity contribution in [3.8, 4) is 0 Å². The van der Waals surface area contributed by atoms with E-state index in [-0.39, 0.29) is 5.91 Å². The zero-order chi connectivity index (χ0) is 14.5. The number of hydrogen-bond donors (Lipinski definition) is 1. The van der Waals surface area contributed by atoms with Crippen LogP contribution in [-0.2, 0) is 4.79 Å². The molecule has 0 atom stereocenters. The molecule has 0 radical (unpaired) electrons. The summed E-state index contributed by atoms with van der Waals surface area (Å²) in [5, 5.41) is 3.06. The highest BCUT2D eigenvalue weighted by Crippen LogP contribution is 2.19. The molecule has 0 saturated carbocycles. The molecule has 1 aliphatic heterocycles. The molecule has 0 unspecified atom stereocenters. The third-order valence-electron chi connectivity index (χ3n) is 3.92. The summed E-state index contributed by atoms with van der Waals surface area (Å²) in [7, 11) is 2.14. The summed E-state index contributed by atoms with van der Waals surface area (Å²) < 4.78 is 0. The summed E-state index contributed by atoms with van der Waals surface area (Å²) in [5.41, 5.74) is 3.20. The normalized spacial score (nSPS) is 17.8. The van der Waals surface area contributed by atoms with Crippen LogP contribution >= 0.6 is 0 Å². The monoisotopic (exact) mass is 275 g/mol. The second kappa shape index (κ2) is 6.86. The summed E-state index contributed by atoms with van der Waals surface area (Å²) >= 11 is 0. The number of para-hydroxylation sites is 1. The molecular weight excluding hydrogens is 250 g/mol. The number of carbonyl (C=O) groups excluding carboxylic acids is 1. The van der Waals surface area contributed by atoms with Crippen molar-refractivity contribution >= 4 is 11.6 Å². The number of hydrogen-bond acceptors (Lipinski definition) is 3. The van der Waals surface area contributed by atoms with Gasteiger partial charge in [-0.25, -0.2) is 0 Å². The highest BCUT2D eigenvalue weighted by atomic mass is 16.2. The van der Waals surface area contributed by atoms with Crippen molar-refractivity contribution in [3.05, 3.63) is 29.3 Å². The van der Waals surface area contributed by atoms with Gasteiger partial charge in [0.1, 0.15) is 0 Å². The van der Waals surface area contributed by atoms with Crippen molar-refractivity contribution in [2.75, 3.05) is 45.1 Å². The zero-order valence-corrected chi connectivity index (χ0v) is 12.8. The lowest BCUT2D eigenvalue weighted by Crippen LogP contribution is -2.36. The van der Waals surface area contributed by atoms with Gasteiger partial charge in [0.2, 0.25) is 5.91 Å². The van der Waals surface area contributed by atoms with Gasteiger partial charge in [0, 0.05) is 18.8 Å². The molecule has 0 bridgehead atoms. The van der Waals surface area contributed by atoms with E-state index in [2.05, 4.69) is 22.2 Å². The van der Waals surface area contributed by atoms with E-state index < -0.39 is 0 Å². The molecule has 0 aromatic heterocycles. The number of carbonyl (C=O) groups is 1. The number of nitrogens with zero attached hydrogens (tertiary/aromatic N) is 2. The Morgan fingerprint density at radius 1 is 1.15 bits per heavy atom. The topological polar surface area (TPSA) is 35.6 Å². The van der Waals surface area contributed by atoms with E-state index in [0.717, 1.165) is 49.4 Å². The Labute approximate surface area is 121 Å². The average molecular weight is 275 g/mol. The SMILES string of the molecule is Cc1cccc(C)c1NC(=O)CN1CCCN(C)CC1. The minimum atomic E-state index is 0.0898. The van der Waals surface area contributed by atoms with Gasteiger partial charge >= 0.3 is 0 Å². The predicted octanol–water partition coefficient (Wildman–Crippen LogP) is 1.88. The zero-order valence-electron chi connectivity index (χ0n) is 12.8. The summed E-state index contributed by atoms with van der Waals surface area (Å²) in [5.74, 6) is 0.0898. The number of nitrogens with one attached hydrogen (secondary N) is 1. The molecule has 1 N–H and O–H groups in total. The van der Waals surface area contributed by atoms with Crippen LogP contribution < -0.4 is 5.32 Å². The molecule has 0 spiro atoms. The predicted molar refractivity (Wildman–Crippen MR) is 83.1 cm³/mol. The molecule has 1 aliphatic rings. The van der Waals surface area contributed by atoms with Crippen LogP contribution in [0.2, 0.25) is 0 Å². The first-order chi connectivity index (χ1) is 9.56. The minimum Gasteiger partial charge on any atom is -0.324 e. The standard InChI is InChI=1S/C16H25N3O/c1-13-6-4-7-14(2)16(13)17-15(20)12-19-9-5-8-18(3)10-11-19/h4,6-7H,5,8-12H2,1-3H3,(H,17,20). The molecule has 20 heavy (non-hydrogen) atoms. The van der Waals surface area contributed by atoms with E-state index >= 15 is 0 Å². The summed E-state index contributed by atoms with van der Waals surface area (Å²) in [6, 6.07) is 6.08. The first kappa shape index (κ1) is 15.0. The molecule has 2 rings (SSSR count). The Morgan fingerprint density at radius 2 is 1.85 bits per heavy atom. The Hall–Kier alpha value is -1.39. The smallest absolute Gasteiger partial charge is 0.238 e. The van der Waals surface area contributed by atoms with E-state index in [9.17, 15) is 4.79 Å². The quantitative estimate of drug-likeness (QED) is 0.915. The lowest BCUT2D eigenvalue weighted by molar-refractivity contribution is -0.117. The van der Waals surface area contributed by atoms with Gasteiger partial charge < -0.3 is 10.2 Å². The van der Waals surface area contributed by atoms with Crippen molar-refractivity contribution in [2.45, 2.75) is 20.3 Å². The molecule has 4 heteroatoms. The molecule has 4 nitrogen and oxygen atoms in total. The lowest BCUT2D eigenvalue weighted by Gasteiger charge is -2.20. The van der Waals surface area contributed by atoms with Gasteiger partial charge in [-0.2, -0.15) is 0 Å². The molecule has 1 aromatic rings. The summed E-state index contributed by atoms with van der Waals surface area (Å²) in [6.07, 6.45) is 1.13. The van der Waals surface area contributed by atoms with Gasteiger partial charge in [-0.1, -0.05) is 18.2 Å². The lowest BCUT2D eigenvalue weighted by atomic mass is 10.1. The number of aryl methyl sites for hydroxylation is 2. The van der Waals surface area contributed by atoms with E-state index in [1.165, 1.54) is 0 Å². The largest absolute Gasteiger partial charge is 0.324 e. The van der Waals surface area contributed by atoms with Crippen LogP contribution in [0.5, 0.6) is 0 Å². The fourth-order valence-electron chi connectivity index (χ4n) is 2.65. The summed E-state index contributed by atoms with van der Waals surface area (Å²) in [4.78, 5) is 16.8. The van der Waals surface area contributed by atoms with Crippen LogP contribution in [0.25, 0.3) is 0 Å². The van der Waals surface area contributed by atoms with Crippen LogP contribution in [0.3, 0.4) is 0 Å². The Kier molecular flexibility index (Phi) is 5.15. The van der Waals surface area contributed by atoms with E-state index in [4.69, 9.17) is 0 Å². The Balaban J connectivity index is 1.92. The van der Waals surface area contributed by atoms with Gasteiger partial charge in [0.25, 0.3) is 0 Å². The fraction of sp³-hybridized carbons (Fsp3) is 0.562. The second-order valence-electron chi connectivity index (χ2n) is 5.75. The van der Waals surface area contributed by atoms with Crippen molar-refractivity contribution in [1.29, 1.82) is 0 Å². The van der Waals surface area contributed by atoms with Crippen molar-refractivity contribution < 1.29 is 4.79 Å². The van der Waals surface area contributed by atoms with Crippen LogP contribution in [-0.4, -0.2) is 55.5 Å². The number of anilines is 1. The van der Waals surface area contributed by atoms with Gasteiger partial charge in [0.05, 0.1) is 6.54 Å². The van der Waals surface area contributed by atoms with Crippen molar-refractivity contribution in [2.24, 2.45) is 0 Å². The molecule has 0 aliphatic carbocycles. The number of amides is 1. The first-order valence-electron chi connectivity index (χ1n) is 7.33. The molecule has 1 heterocycles. The van der Waals surface area contributed by atoms with Crippen molar-refractivity contribution in [3.63, 3.8) is 0 Å². The second-order valence-corrected chi connectivity index (χ2v) is 5.75. The van der Waals surface area contributed by atoms with Crippen LogP contribution in [0.1, 0.15) is 17.5 Å². The third kappa shape index (κ3) is 4.05. The highest BCUT2D eigenvalue weighted by molar-refractivity contribution is 5.93. The maximum Gasteiger partial charge on any atom is 0.238 e. The molecule has 110 valence electrons. The summed E-state index contributed by atoms with van der Waals surface area (Å²) in [6.45, 7) is 8.68. The maximum absolute atomic E-state index is 12.2. The van der Waals surface area contributed by atoms with E-state index in [0.29, 0.717) is 6.54 Å². The van der Waals surface area contributed by atoms with Crippen molar-refractivity contribution in [1.82, 2.24) is 9.80 Å². The first-order valence-corrected chi connectivity index (χ1v) is 7.33. The van der Waals surface area contributed by atoms with Gasteiger partial charge in [-0.3, -0.25) is 9.69 Å². The maximum atomic E-state index is 12.2. The molecule has 1 amide bonds. The van der Waals surface area contributed by atoms with Crippen LogP contribution in [0.15, 0.2) is 18.2 Å². The van der Waals surface area contributed by atoms with E-state index in [1.54, 1.807) is 0 Å². The van der Waals surface area contributed by atoms with Gasteiger partial charge in [0.15, 0.2) is 0 Å². The number of likely N-dealkylation sites (N-methyl/N-ethyl adjacent to an activating group) is 1. The fourth-order valence-corrected chi connectivity index (χ4v) is 2.65. The van der Waals surface area contributed by atoms with E-state index in [1.807, 2.05) is 32.0 Å². The molecule has 1 fully saturated rings. The Bertz CT molecular complexity index is 453.